The van der Waals surface area contributed by atoms with Crippen molar-refractivity contribution >= 4 is 17.5 Å². The molecular weight excluding hydrogens is 186 g/mol. The fourth-order valence-corrected chi connectivity index (χ4v) is 1.60. The Morgan fingerprint density at radius 2 is 2.08 bits per heavy atom. The Morgan fingerprint density at radius 1 is 1.38 bits per heavy atom. The van der Waals surface area contributed by atoms with Gasteiger partial charge in [0.1, 0.15) is 0 Å². The van der Waals surface area contributed by atoms with Crippen molar-refractivity contribution in [1.82, 2.24) is 9.97 Å². The molecule has 1 aromatic rings. The van der Waals surface area contributed by atoms with Crippen molar-refractivity contribution in [1.29, 1.82) is 0 Å². The fourth-order valence-electron chi connectivity index (χ4n) is 1.51. The molecule has 1 aliphatic rings. The highest BCUT2D eigenvalue weighted by molar-refractivity contribution is 6.31. The third-order valence-corrected chi connectivity index (χ3v) is 2.67. The van der Waals surface area contributed by atoms with Gasteiger partial charge in [-0.1, -0.05) is 11.6 Å². The maximum atomic E-state index is 5.84. The average molecular weight is 198 g/mol. The van der Waals surface area contributed by atoms with Crippen LogP contribution in [-0.2, 0) is 0 Å². The van der Waals surface area contributed by atoms with Gasteiger partial charge in [-0.25, -0.2) is 9.97 Å². The Balaban J connectivity index is 2.25. The molecular formula is C9H12ClN3. The van der Waals surface area contributed by atoms with Crippen LogP contribution in [0.25, 0.3) is 0 Å². The van der Waals surface area contributed by atoms with Crippen LogP contribution in [0.4, 0.5) is 5.95 Å². The van der Waals surface area contributed by atoms with Gasteiger partial charge in [-0.05, 0) is 19.8 Å². The lowest BCUT2D eigenvalue weighted by molar-refractivity contribution is 0.889. The molecule has 3 nitrogen and oxygen atoms in total. The van der Waals surface area contributed by atoms with Gasteiger partial charge < -0.3 is 4.90 Å². The molecule has 13 heavy (non-hydrogen) atoms. The van der Waals surface area contributed by atoms with Crippen molar-refractivity contribution in [2.75, 3.05) is 18.0 Å². The second-order valence-corrected chi connectivity index (χ2v) is 3.70. The van der Waals surface area contributed by atoms with E-state index >= 15 is 0 Å². The first-order valence-corrected chi connectivity index (χ1v) is 4.89. The molecule has 0 unspecified atom stereocenters. The van der Waals surface area contributed by atoms with E-state index in [1.807, 2.05) is 6.92 Å². The van der Waals surface area contributed by atoms with Gasteiger partial charge in [-0.3, -0.25) is 0 Å². The third kappa shape index (κ3) is 1.75. The second kappa shape index (κ2) is 3.50. The molecule has 2 rings (SSSR count). The van der Waals surface area contributed by atoms with E-state index in [4.69, 9.17) is 11.6 Å². The highest BCUT2D eigenvalue weighted by Crippen LogP contribution is 2.18. The Hall–Kier alpha value is -0.830. The highest BCUT2D eigenvalue weighted by Gasteiger charge is 2.14. The Bertz CT molecular complexity index is 308. The topological polar surface area (TPSA) is 29.0 Å². The Morgan fingerprint density at radius 3 is 2.69 bits per heavy atom. The molecule has 70 valence electrons. The quantitative estimate of drug-likeness (QED) is 0.690. The summed E-state index contributed by atoms with van der Waals surface area (Å²) in [5.74, 6) is 0.819. The zero-order valence-corrected chi connectivity index (χ0v) is 8.38. The molecule has 0 spiro atoms. The van der Waals surface area contributed by atoms with Crippen molar-refractivity contribution in [3.8, 4) is 0 Å². The Kier molecular flexibility index (Phi) is 2.36. The summed E-state index contributed by atoms with van der Waals surface area (Å²) in [7, 11) is 0. The third-order valence-electron chi connectivity index (χ3n) is 2.30. The predicted molar refractivity (Wildman–Crippen MR) is 53.2 cm³/mol. The molecule has 2 heterocycles. The van der Waals surface area contributed by atoms with Crippen LogP contribution in [0.15, 0.2) is 6.20 Å². The van der Waals surface area contributed by atoms with Crippen molar-refractivity contribution < 1.29 is 0 Å². The van der Waals surface area contributed by atoms with Gasteiger partial charge in [0, 0.05) is 13.1 Å². The van der Waals surface area contributed by atoms with Gasteiger partial charge >= 0.3 is 0 Å². The zero-order chi connectivity index (χ0) is 9.26. The van der Waals surface area contributed by atoms with E-state index in [2.05, 4.69) is 14.9 Å². The number of aromatic nitrogens is 2. The van der Waals surface area contributed by atoms with Gasteiger partial charge in [0.2, 0.25) is 5.95 Å². The first kappa shape index (κ1) is 8.75. The summed E-state index contributed by atoms with van der Waals surface area (Å²) in [5, 5.41) is 0.642. The Labute approximate surface area is 82.8 Å². The lowest BCUT2D eigenvalue weighted by atomic mass is 10.4. The molecule has 0 amide bonds. The van der Waals surface area contributed by atoms with Gasteiger partial charge in [-0.15, -0.1) is 0 Å². The molecule has 1 aliphatic heterocycles. The van der Waals surface area contributed by atoms with Crippen LogP contribution in [0.2, 0.25) is 5.02 Å². The minimum Gasteiger partial charge on any atom is -0.341 e. The summed E-state index contributed by atoms with van der Waals surface area (Å²) in [6.07, 6.45) is 4.16. The number of hydrogen-bond donors (Lipinski definition) is 0. The van der Waals surface area contributed by atoms with E-state index in [0.29, 0.717) is 5.02 Å². The van der Waals surface area contributed by atoms with Crippen LogP contribution < -0.4 is 4.90 Å². The fraction of sp³-hybridized carbons (Fsp3) is 0.556. The van der Waals surface area contributed by atoms with Crippen LogP contribution in [0.3, 0.4) is 0 Å². The normalized spacial score (nSPS) is 16.6. The first-order valence-electron chi connectivity index (χ1n) is 4.51. The average Bonchev–Trinajstić information content (AvgIpc) is 2.62. The van der Waals surface area contributed by atoms with Crippen LogP contribution in [0, 0.1) is 6.92 Å². The van der Waals surface area contributed by atoms with E-state index in [-0.39, 0.29) is 0 Å². The number of hydrogen-bond acceptors (Lipinski definition) is 3. The van der Waals surface area contributed by atoms with E-state index in [1.165, 1.54) is 12.8 Å². The van der Waals surface area contributed by atoms with Gasteiger partial charge in [0.25, 0.3) is 0 Å². The molecule has 0 aromatic carbocycles. The van der Waals surface area contributed by atoms with Crippen molar-refractivity contribution in [3.05, 3.63) is 16.9 Å². The summed E-state index contributed by atoms with van der Waals surface area (Å²) in [4.78, 5) is 10.7. The van der Waals surface area contributed by atoms with Gasteiger partial charge in [0.05, 0.1) is 16.9 Å². The lowest BCUT2D eigenvalue weighted by Gasteiger charge is -2.14. The monoisotopic (exact) mass is 197 g/mol. The summed E-state index contributed by atoms with van der Waals surface area (Å²) in [6.45, 7) is 4.05. The minimum absolute atomic E-state index is 0.642. The molecule has 1 fully saturated rings. The van der Waals surface area contributed by atoms with Crippen LogP contribution >= 0.6 is 11.6 Å². The van der Waals surface area contributed by atoms with Crippen LogP contribution in [0.1, 0.15) is 18.5 Å². The van der Waals surface area contributed by atoms with Crippen LogP contribution in [-0.4, -0.2) is 23.1 Å². The van der Waals surface area contributed by atoms with E-state index in [9.17, 15) is 0 Å². The number of halogens is 1. The smallest absolute Gasteiger partial charge is 0.225 e. The maximum absolute atomic E-state index is 5.84. The van der Waals surface area contributed by atoms with Crippen molar-refractivity contribution in [2.45, 2.75) is 19.8 Å². The van der Waals surface area contributed by atoms with Crippen molar-refractivity contribution in [3.63, 3.8) is 0 Å². The lowest BCUT2D eigenvalue weighted by Crippen LogP contribution is -2.20. The number of anilines is 1. The maximum Gasteiger partial charge on any atom is 0.225 e. The predicted octanol–water partition coefficient (Wildman–Crippen LogP) is 2.04. The van der Waals surface area contributed by atoms with Crippen LogP contribution in [0.5, 0.6) is 0 Å². The summed E-state index contributed by atoms with van der Waals surface area (Å²) < 4.78 is 0. The molecule has 0 bridgehead atoms. The van der Waals surface area contributed by atoms with E-state index in [0.717, 1.165) is 24.7 Å². The largest absolute Gasteiger partial charge is 0.341 e. The summed E-state index contributed by atoms with van der Waals surface area (Å²) in [6, 6.07) is 0. The zero-order valence-electron chi connectivity index (χ0n) is 7.63. The summed E-state index contributed by atoms with van der Waals surface area (Å²) >= 11 is 5.84. The van der Waals surface area contributed by atoms with Crippen molar-refractivity contribution in [2.24, 2.45) is 0 Å². The molecule has 0 N–H and O–H groups in total. The molecule has 0 saturated carbocycles. The first-order chi connectivity index (χ1) is 6.27. The summed E-state index contributed by atoms with van der Waals surface area (Å²) in [5.41, 5.74) is 0.860. The SMILES string of the molecule is Cc1nc(N2CCCC2)ncc1Cl. The number of rotatable bonds is 1. The van der Waals surface area contributed by atoms with E-state index in [1.54, 1.807) is 6.20 Å². The molecule has 0 atom stereocenters. The molecule has 0 aliphatic carbocycles. The number of aryl methyl sites for hydroxylation is 1. The van der Waals surface area contributed by atoms with Gasteiger partial charge in [0.15, 0.2) is 0 Å². The highest BCUT2D eigenvalue weighted by atomic mass is 35.5. The minimum atomic E-state index is 0.642. The standard InChI is InChI=1S/C9H12ClN3/c1-7-8(10)6-11-9(12-7)13-4-2-3-5-13/h6H,2-5H2,1H3. The van der Waals surface area contributed by atoms with Gasteiger partial charge in [-0.2, -0.15) is 0 Å². The molecule has 1 aromatic heterocycles. The molecule has 4 heteroatoms. The van der Waals surface area contributed by atoms with E-state index < -0.39 is 0 Å². The molecule has 0 radical (unpaired) electrons. The number of nitrogens with zero attached hydrogens (tertiary/aromatic N) is 3. The second-order valence-electron chi connectivity index (χ2n) is 3.30. The molecule has 1 saturated heterocycles.